The number of thioether (sulfide) groups is 1. The number of aromatic nitrogens is 3. The molecule has 0 saturated heterocycles. The molecule has 6 nitrogen and oxygen atoms in total. The Bertz CT molecular complexity index is 1250. The standard InChI is InChI=1S/C26H26N4O2S/c1-18-7-4-10-20(15-18)25-28-29-26(30(25)16-21-11-6-14-32-21)33-17-24(31)27-23-13-5-9-19-8-2-3-12-22(19)23/h2-4,6-8,10-12,14-15,23H,5,9,13,16-17H2,1H3,(H,27,31)/t23-/m0/s1. The second-order valence-corrected chi connectivity index (χ2v) is 9.28. The van der Waals surface area contributed by atoms with E-state index in [9.17, 15) is 4.79 Å². The minimum atomic E-state index is 0.00589. The number of amides is 1. The molecular formula is C26H26N4O2S. The largest absolute Gasteiger partial charge is 0.467 e. The second kappa shape index (κ2) is 9.67. The molecule has 1 aliphatic rings. The van der Waals surface area contributed by atoms with Crippen molar-refractivity contribution in [1.82, 2.24) is 20.1 Å². The summed E-state index contributed by atoms with van der Waals surface area (Å²) in [6.45, 7) is 2.56. The molecule has 0 fully saturated rings. The molecule has 0 unspecified atom stereocenters. The Labute approximate surface area is 197 Å². The zero-order valence-electron chi connectivity index (χ0n) is 18.5. The van der Waals surface area contributed by atoms with Gasteiger partial charge in [0.15, 0.2) is 11.0 Å². The van der Waals surface area contributed by atoms with E-state index in [1.165, 1.54) is 22.9 Å². The number of furan rings is 1. The van der Waals surface area contributed by atoms with Gasteiger partial charge in [-0.3, -0.25) is 9.36 Å². The number of hydrogen-bond acceptors (Lipinski definition) is 5. The summed E-state index contributed by atoms with van der Waals surface area (Å²) in [6.07, 6.45) is 4.80. The van der Waals surface area contributed by atoms with Gasteiger partial charge in [-0.1, -0.05) is 59.8 Å². The number of nitrogens with one attached hydrogen (secondary N) is 1. The lowest BCUT2D eigenvalue weighted by molar-refractivity contribution is -0.119. The summed E-state index contributed by atoms with van der Waals surface area (Å²) >= 11 is 1.40. The molecule has 4 aromatic rings. The predicted octanol–water partition coefficient (Wildman–Crippen LogP) is 5.18. The van der Waals surface area contributed by atoms with Gasteiger partial charge in [0.05, 0.1) is 24.6 Å². The van der Waals surface area contributed by atoms with Crippen molar-refractivity contribution < 1.29 is 9.21 Å². The Morgan fingerprint density at radius 1 is 1.15 bits per heavy atom. The highest BCUT2D eigenvalue weighted by Gasteiger charge is 2.22. The number of carbonyl (C=O) groups excluding carboxylic acids is 1. The van der Waals surface area contributed by atoms with E-state index in [0.29, 0.717) is 11.7 Å². The van der Waals surface area contributed by atoms with Gasteiger partial charge in [0.25, 0.3) is 0 Å². The molecular weight excluding hydrogens is 432 g/mol. The van der Waals surface area contributed by atoms with Gasteiger partial charge < -0.3 is 9.73 Å². The Hall–Kier alpha value is -3.32. The van der Waals surface area contributed by atoms with Crippen LogP contribution in [0.15, 0.2) is 76.5 Å². The van der Waals surface area contributed by atoms with Crippen LogP contribution in [0.1, 0.15) is 41.3 Å². The first kappa shape index (κ1) is 21.5. The summed E-state index contributed by atoms with van der Waals surface area (Å²) in [4.78, 5) is 12.8. The van der Waals surface area contributed by atoms with E-state index in [-0.39, 0.29) is 17.7 Å². The molecule has 33 heavy (non-hydrogen) atoms. The van der Waals surface area contributed by atoms with Gasteiger partial charge in [0.2, 0.25) is 5.91 Å². The Morgan fingerprint density at radius 3 is 2.91 bits per heavy atom. The third-order valence-electron chi connectivity index (χ3n) is 5.92. The molecule has 0 spiro atoms. The summed E-state index contributed by atoms with van der Waals surface area (Å²) in [7, 11) is 0. The highest BCUT2D eigenvalue weighted by atomic mass is 32.2. The van der Waals surface area contributed by atoms with E-state index in [1.807, 2.05) is 34.9 Å². The van der Waals surface area contributed by atoms with Crippen LogP contribution >= 0.6 is 11.8 Å². The van der Waals surface area contributed by atoms with E-state index in [2.05, 4.69) is 52.8 Å². The maximum atomic E-state index is 12.8. The van der Waals surface area contributed by atoms with Crippen molar-refractivity contribution in [2.45, 2.75) is 43.9 Å². The quantitative estimate of drug-likeness (QED) is 0.386. The fraction of sp³-hybridized carbons (Fsp3) is 0.269. The summed E-state index contributed by atoms with van der Waals surface area (Å²) in [5, 5.41) is 12.8. The van der Waals surface area contributed by atoms with Gasteiger partial charge in [-0.15, -0.1) is 10.2 Å². The van der Waals surface area contributed by atoms with Crippen LogP contribution in [-0.4, -0.2) is 26.4 Å². The Morgan fingerprint density at radius 2 is 2.06 bits per heavy atom. The number of hydrogen-bond donors (Lipinski definition) is 1. The van der Waals surface area contributed by atoms with Crippen LogP contribution in [0.3, 0.4) is 0 Å². The third-order valence-corrected chi connectivity index (χ3v) is 6.89. The van der Waals surface area contributed by atoms with Crippen LogP contribution in [0, 0.1) is 6.92 Å². The summed E-state index contributed by atoms with van der Waals surface area (Å²) in [5.74, 6) is 1.86. The molecule has 2 aromatic carbocycles. The molecule has 1 atom stereocenters. The Balaban J connectivity index is 1.33. The zero-order valence-corrected chi connectivity index (χ0v) is 19.3. The summed E-state index contributed by atoms with van der Waals surface area (Å²) in [6, 6.07) is 20.5. The monoisotopic (exact) mass is 458 g/mol. The number of fused-ring (bicyclic) bond motifs is 1. The van der Waals surface area contributed by atoms with E-state index in [4.69, 9.17) is 4.42 Å². The van der Waals surface area contributed by atoms with Crippen LogP contribution in [0.25, 0.3) is 11.4 Å². The maximum absolute atomic E-state index is 12.8. The van der Waals surface area contributed by atoms with Gasteiger partial charge in [-0.05, 0) is 55.5 Å². The van der Waals surface area contributed by atoms with E-state index in [0.717, 1.165) is 42.0 Å². The van der Waals surface area contributed by atoms with Crippen LogP contribution < -0.4 is 5.32 Å². The number of aryl methyl sites for hydroxylation is 2. The minimum absolute atomic E-state index is 0.00589. The van der Waals surface area contributed by atoms with Gasteiger partial charge in [-0.2, -0.15) is 0 Å². The van der Waals surface area contributed by atoms with Crippen molar-refractivity contribution in [3.8, 4) is 11.4 Å². The normalized spacial score (nSPS) is 15.2. The maximum Gasteiger partial charge on any atom is 0.230 e. The van der Waals surface area contributed by atoms with Crippen molar-refractivity contribution in [2.75, 3.05) is 5.75 Å². The van der Waals surface area contributed by atoms with Crippen LogP contribution in [0.2, 0.25) is 0 Å². The Kier molecular flexibility index (Phi) is 6.30. The summed E-state index contributed by atoms with van der Waals surface area (Å²) in [5.41, 5.74) is 4.72. The van der Waals surface area contributed by atoms with Crippen molar-refractivity contribution in [2.24, 2.45) is 0 Å². The molecule has 2 aromatic heterocycles. The number of nitrogens with zero attached hydrogens (tertiary/aromatic N) is 3. The van der Waals surface area contributed by atoms with Crippen LogP contribution in [0.4, 0.5) is 0 Å². The molecule has 0 bridgehead atoms. The second-order valence-electron chi connectivity index (χ2n) is 8.34. The molecule has 0 radical (unpaired) electrons. The molecule has 2 heterocycles. The van der Waals surface area contributed by atoms with Crippen molar-refractivity contribution in [1.29, 1.82) is 0 Å². The third kappa shape index (κ3) is 4.88. The molecule has 7 heteroatoms. The molecule has 0 saturated carbocycles. The van der Waals surface area contributed by atoms with Gasteiger partial charge in [0.1, 0.15) is 5.76 Å². The minimum Gasteiger partial charge on any atom is -0.467 e. The lowest BCUT2D eigenvalue weighted by Gasteiger charge is -2.26. The van der Waals surface area contributed by atoms with E-state index < -0.39 is 0 Å². The SMILES string of the molecule is Cc1cccc(-c2nnc(SCC(=O)N[C@H]3CCCc4ccccc43)n2Cc2ccco2)c1. The lowest BCUT2D eigenvalue weighted by atomic mass is 9.88. The lowest BCUT2D eigenvalue weighted by Crippen LogP contribution is -2.32. The van der Waals surface area contributed by atoms with Crippen LogP contribution in [0.5, 0.6) is 0 Å². The highest BCUT2D eigenvalue weighted by molar-refractivity contribution is 7.99. The molecule has 5 rings (SSSR count). The first-order valence-electron chi connectivity index (χ1n) is 11.2. The molecule has 1 amide bonds. The zero-order chi connectivity index (χ0) is 22.6. The number of rotatable bonds is 7. The van der Waals surface area contributed by atoms with Gasteiger partial charge in [0, 0.05) is 5.56 Å². The predicted molar refractivity (Wildman–Crippen MR) is 129 cm³/mol. The van der Waals surface area contributed by atoms with Crippen molar-refractivity contribution >= 4 is 17.7 Å². The van der Waals surface area contributed by atoms with Gasteiger partial charge >= 0.3 is 0 Å². The average molecular weight is 459 g/mol. The number of carbonyl (C=O) groups is 1. The smallest absolute Gasteiger partial charge is 0.230 e. The molecule has 1 aliphatic carbocycles. The molecule has 1 N–H and O–H groups in total. The summed E-state index contributed by atoms with van der Waals surface area (Å²) < 4.78 is 7.59. The number of benzene rings is 2. The first-order valence-corrected chi connectivity index (χ1v) is 12.2. The fourth-order valence-corrected chi connectivity index (χ4v) is 5.11. The van der Waals surface area contributed by atoms with E-state index in [1.54, 1.807) is 6.26 Å². The van der Waals surface area contributed by atoms with Crippen molar-refractivity contribution in [3.05, 3.63) is 89.4 Å². The van der Waals surface area contributed by atoms with E-state index >= 15 is 0 Å². The molecule has 0 aliphatic heterocycles. The topological polar surface area (TPSA) is 73.0 Å². The van der Waals surface area contributed by atoms with Gasteiger partial charge in [-0.25, -0.2) is 0 Å². The first-order chi connectivity index (χ1) is 16.2. The van der Waals surface area contributed by atoms with Crippen molar-refractivity contribution in [3.63, 3.8) is 0 Å². The average Bonchev–Trinajstić information content (AvgIpc) is 3.48. The van der Waals surface area contributed by atoms with Crippen LogP contribution in [-0.2, 0) is 17.8 Å². The highest BCUT2D eigenvalue weighted by Crippen LogP contribution is 2.30. The molecule has 168 valence electrons. The fourth-order valence-electron chi connectivity index (χ4n) is 4.36.